The molecule has 10 heteroatoms. The smallest absolute Gasteiger partial charge is 0.416 e. The Hall–Kier alpha value is -1.58. The van der Waals surface area contributed by atoms with Crippen molar-refractivity contribution in [3.63, 3.8) is 0 Å². The molecule has 0 saturated carbocycles. The summed E-state index contributed by atoms with van der Waals surface area (Å²) < 4.78 is 108. The highest BCUT2D eigenvalue weighted by Crippen LogP contribution is 2.57. The highest BCUT2D eigenvalue weighted by Gasteiger charge is 2.60. The molecule has 2 nitrogen and oxygen atoms in total. The molecule has 0 heterocycles. The number of benzene rings is 1. The van der Waals surface area contributed by atoms with E-state index in [0.717, 1.165) is 0 Å². The van der Waals surface area contributed by atoms with Gasteiger partial charge in [0.05, 0.1) is 5.56 Å². The van der Waals surface area contributed by atoms with Crippen molar-refractivity contribution >= 4 is 0 Å². The van der Waals surface area contributed by atoms with Crippen molar-refractivity contribution in [3.05, 3.63) is 28.8 Å². The minimum absolute atomic E-state index is 0.250. The maximum Gasteiger partial charge on any atom is 0.416 e. The summed E-state index contributed by atoms with van der Waals surface area (Å²) in [5.41, 5.74) is -4.36. The number of hydrogen-bond donors (Lipinski definition) is 1. The molecule has 2 rings (SSSR count). The molecule has 0 amide bonds. The number of aliphatic hydroxyl groups is 1. The van der Waals surface area contributed by atoms with Gasteiger partial charge in [-0.3, -0.25) is 0 Å². The molecule has 124 valence electrons. The summed E-state index contributed by atoms with van der Waals surface area (Å²) in [7, 11) is 0. The number of fused-ring (bicyclic) bond motifs is 1. The zero-order chi connectivity index (χ0) is 16.9. The molecule has 2 atom stereocenters. The largest absolute Gasteiger partial charge is 0.487 e. The Balaban J connectivity index is 2.61. The lowest BCUT2D eigenvalue weighted by molar-refractivity contribution is -0.149. The van der Waals surface area contributed by atoms with E-state index in [1.165, 1.54) is 0 Å². The van der Waals surface area contributed by atoms with Gasteiger partial charge in [0, 0.05) is 11.1 Å². The Morgan fingerprint density at radius 1 is 1.18 bits per heavy atom. The van der Waals surface area contributed by atoms with Gasteiger partial charge in [0.2, 0.25) is 0 Å². The molecule has 0 fully saturated rings. The third kappa shape index (κ3) is 2.59. The van der Waals surface area contributed by atoms with Crippen molar-refractivity contribution in [1.29, 1.82) is 0 Å². The number of hydrogen-bond acceptors (Lipinski definition) is 2. The summed E-state index contributed by atoms with van der Waals surface area (Å²) in [6.07, 6.45) is -14.5. The molecule has 1 N–H and O–H groups in total. The summed E-state index contributed by atoms with van der Waals surface area (Å²) in [5.74, 6) is -5.36. The average molecular weight is 336 g/mol. The van der Waals surface area contributed by atoms with Crippen LogP contribution in [-0.2, 0) is 6.18 Å². The van der Waals surface area contributed by atoms with Crippen LogP contribution in [0, 0.1) is 0 Å². The first-order chi connectivity index (χ1) is 9.98. The molecule has 22 heavy (non-hydrogen) atoms. The van der Waals surface area contributed by atoms with Gasteiger partial charge >= 0.3 is 12.1 Å². The second kappa shape index (κ2) is 5.25. The van der Waals surface area contributed by atoms with Crippen molar-refractivity contribution in [2.75, 3.05) is 6.61 Å². The van der Waals surface area contributed by atoms with E-state index in [1.54, 1.807) is 0 Å². The fraction of sp³-hybridized carbons (Fsp3) is 0.500. The highest BCUT2D eigenvalue weighted by atomic mass is 19.4. The first-order valence-corrected chi connectivity index (χ1v) is 5.82. The fourth-order valence-electron chi connectivity index (χ4n) is 2.22. The fourth-order valence-corrected chi connectivity index (χ4v) is 2.22. The zero-order valence-corrected chi connectivity index (χ0v) is 10.5. The summed E-state index contributed by atoms with van der Waals surface area (Å²) >= 11 is 0. The second-order valence-corrected chi connectivity index (χ2v) is 4.58. The van der Waals surface area contributed by atoms with Crippen LogP contribution < -0.4 is 4.74 Å². The third-order valence-electron chi connectivity index (χ3n) is 3.15. The summed E-state index contributed by atoms with van der Waals surface area (Å²) in [6.45, 7) is -1.30. The van der Waals surface area contributed by atoms with E-state index in [9.17, 15) is 40.2 Å². The Bertz CT molecular complexity index is 569. The van der Waals surface area contributed by atoms with Gasteiger partial charge in [-0.05, 0) is 12.1 Å². The van der Waals surface area contributed by atoms with Crippen molar-refractivity contribution in [1.82, 2.24) is 0 Å². The number of alkyl halides is 8. The van der Waals surface area contributed by atoms with Crippen LogP contribution in [0.4, 0.5) is 35.1 Å². The molecule has 0 spiro atoms. The number of rotatable bonds is 3. The summed E-state index contributed by atoms with van der Waals surface area (Å²) in [4.78, 5) is 0. The summed E-state index contributed by atoms with van der Waals surface area (Å²) in [5, 5.41) is 9.39. The van der Waals surface area contributed by atoms with Crippen LogP contribution >= 0.6 is 0 Å². The third-order valence-corrected chi connectivity index (χ3v) is 3.15. The van der Waals surface area contributed by atoms with Crippen molar-refractivity contribution in [2.45, 2.75) is 30.8 Å². The maximum absolute atomic E-state index is 13.7. The normalized spacial score (nSPS) is 23.7. The predicted octanol–water partition coefficient (Wildman–Crippen LogP) is 4.04. The average Bonchev–Trinajstić information content (AvgIpc) is 2.57. The van der Waals surface area contributed by atoms with Crippen molar-refractivity contribution in [2.24, 2.45) is 0 Å². The van der Waals surface area contributed by atoms with Crippen LogP contribution in [0.1, 0.15) is 29.0 Å². The van der Waals surface area contributed by atoms with Crippen LogP contribution in [0.2, 0.25) is 0 Å². The first kappa shape index (κ1) is 16.8. The molecule has 0 saturated heterocycles. The SMILES string of the molecule is OC1c2c(OCC(F)F)ccc(C(F)(F)F)c2[C@@H](F)C1(F)F. The molecule has 0 aliphatic heterocycles. The van der Waals surface area contributed by atoms with E-state index < -0.39 is 59.8 Å². The quantitative estimate of drug-likeness (QED) is 0.844. The standard InChI is InChI=1S/C12H8F8O2/c13-6(14)3-22-5-2-1-4(12(18,19)20)7-8(5)10(21)11(16,17)9(7)15/h1-2,6,9-10,21H,3H2/t9-,10?/m1/s1. The Morgan fingerprint density at radius 2 is 1.77 bits per heavy atom. The van der Waals surface area contributed by atoms with Crippen molar-refractivity contribution in [3.8, 4) is 5.75 Å². The van der Waals surface area contributed by atoms with Crippen LogP contribution in [0.5, 0.6) is 5.75 Å². The van der Waals surface area contributed by atoms with Crippen LogP contribution in [-0.4, -0.2) is 24.1 Å². The Labute approximate surface area is 118 Å². The molecule has 1 aliphatic carbocycles. The minimum Gasteiger partial charge on any atom is -0.487 e. The van der Waals surface area contributed by atoms with Crippen molar-refractivity contribution < 1.29 is 45.0 Å². The maximum atomic E-state index is 13.7. The molecule has 0 radical (unpaired) electrons. The topological polar surface area (TPSA) is 29.5 Å². The monoisotopic (exact) mass is 336 g/mol. The minimum atomic E-state index is -5.16. The molecular weight excluding hydrogens is 328 g/mol. The second-order valence-electron chi connectivity index (χ2n) is 4.58. The summed E-state index contributed by atoms with van der Waals surface area (Å²) in [6, 6.07) is 0.752. The molecular formula is C12H8F8O2. The lowest BCUT2D eigenvalue weighted by atomic mass is 10.0. The molecule has 1 aromatic rings. The van der Waals surface area contributed by atoms with Gasteiger partial charge in [-0.25, -0.2) is 13.2 Å². The van der Waals surface area contributed by atoms with Crippen LogP contribution in [0.25, 0.3) is 0 Å². The van der Waals surface area contributed by atoms with E-state index in [1.807, 2.05) is 0 Å². The number of aliphatic hydroxyl groups excluding tert-OH is 1. The first-order valence-electron chi connectivity index (χ1n) is 5.82. The van der Waals surface area contributed by atoms with Crippen LogP contribution in [0.15, 0.2) is 12.1 Å². The Morgan fingerprint density at radius 3 is 2.27 bits per heavy atom. The molecule has 0 aromatic heterocycles. The molecule has 1 unspecified atom stereocenters. The lowest BCUT2D eigenvalue weighted by Gasteiger charge is -2.17. The van der Waals surface area contributed by atoms with Gasteiger partial charge < -0.3 is 9.84 Å². The van der Waals surface area contributed by atoms with E-state index in [-0.39, 0.29) is 6.07 Å². The lowest BCUT2D eigenvalue weighted by Crippen LogP contribution is -2.24. The van der Waals surface area contributed by atoms with E-state index in [0.29, 0.717) is 6.07 Å². The molecule has 0 bridgehead atoms. The zero-order valence-electron chi connectivity index (χ0n) is 10.5. The van der Waals surface area contributed by atoms with E-state index in [4.69, 9.17) is 0 Å². The van der Waals surface area contributed by atoms with Gasteiger partial charge in [0.25, 0.3) is 6.43 Å². The van der Waals surface area contributed by atoms with Gasteiger partial charge in [0.1, 0.15) is 18.5 Å². The Kier molecular flexibility index (Phi) is 4.01. The van der Waals surface area contributed by atoms with Gasteiger partial charge in [-0.15, -0.1) is 0 Å². The van der Waals surface area contributed by atoms with Crippen LogP contribution in [0.3, 0.4) is 0 Å². The van der Waals surface area contributed by atoms with E-state index >= 15 is 0 Å². The van der Waals surface area contributed by atoms with Gasteiger partial charge in [-0.2, -0.15) is 22.0 Å². The highest BCUT2D eigenvalue weighted by molar-refractivity contribution is 5.53. The van der Waals surface area contributed by atoms with E-state index in [2.05, 4.69) is 4.74 Å². The predicted molar refractivity (Wildman–Crippen MR) is 56.7 cm³/mol. The number of ether oxygens (including phenoxy) is 1. The number of halogens is 8. The molecule has 1 aromatic carbocycles. The molecule has 1 aliphatic rings. The van der Waals surface area contributed by atoms with Gasteiger partial charge in [-0.1, -0.05) is 0 Å². The van der Waals surface area contributed by atoms with Gasteiger partial charge in [0.15, 0.2) is 6.17 Å².